The van der Waals surface area contributed by atoms with Crippen LogP contribution in [0, 0.1) is 0 Å². The van der Waals surface area contributed by atoms with Crippen molar-refractivity contribution in [1.29, 1.82) is 0 Å². The fourth-order valence-corrected chi connectivity index (χ4v) is 2.51. The molecule has 0 aromatic heterocycles. The van der Waals surface area contributed by atoms with Gasteiger partial charge in [0.1, 0.15) is 11.5 Å². The molecule has 1 unspecified atom stereocenters. The number of benzene rings is 2. The highest BCUT2D eigenvalue weighted by molar-refractivity contribution is 5.95. The second-order valence-electron chi connectivity index (χ2n) is 6.36. The third kappa shape index (κ3) is 4.99. The van der Waals surface area contributed by atoms with E-state index in [1.807, 2.05) is 38.1 Å². The molecule has 0 bridgehead atoms. The number of aromatic hydroxyl groups is 1. The van der Waals surface area contributed by atoms with Gasteiger partial charge in [-0.2, -0.15) is 0 Å². The molecule has 2 aromatic carbocycles. The summed E-state index contributed by atoms with van der Waals surface area (Å²) < 4.78 is 5.79. The molecule has 0 aliphatic rings. The first kappa shape index (κ1) is 19.3. The van der Waals surface area contributed by atoms with Crippen molar-refractivity contribution in [2.75, 3.05) is 5.32 Å². The molecule has 0 aliphatic heterocycles. The third-order valence-corrected chi connectivity index (χ3v) is 3.89. The van der Waals surface area contributed by atoms with Gasteiger partial charge < -0.3 is 20.3 Å². The van der Waals surface area contributed by atoms with Gasteiger partial charge in [-0.05, 0) is 42.2 Å². The number of carboxylic acids is 1. The fourth-order valence-electron chi connectivity index (χ4n) is 2.51. The normalized spacial score (nSPS) is 11.8. The van der Waals surface area contributed by atoms with E-state index < -0.39 is 18.0 Å². The summed E-state index contributed by atoms with van der Waals surface area (Å²) >= 11 is 0. The minimum Gasteiger partial charge on any atom is -0.506 e. The van der Waals surface area contributed by atoms with Crippen LogP contribution in [-0.2, 0) is 16.0 Å². The van der Waals surface area contributed by atoms with E-state index in [0.29, 0.717) is 11.3 Å². The van der Waals surface area contributed by atoms with Crippen LogP contribution < -0.4 is 10.1 Å². The van der Waals surface area contributed by atoms with Gasteiger partial charge in [0.25, 0.3) is 5.91 Å². The van der Waals surface area contributed by atoms with Crippen molar-refractivity contribution in [2.24, 2.45) is 0 Å². The van der Waals surface area contributed by atoms with E-state index in [1.165, 1.54) is 18.2 Å². The number of phenolic OH excluding ortho intramolecular Hbond substituents is 1. The number of phenols is 1. The number of carbonyl (C=O) groups excluding carboxylic acids is 1. The lowest BCUT2D eigenvalue weighted by Crippen LogP contribution is -2.30. The van der Waals surface area contributed by atoms with E-state index in [1.54, 1.807) is 6.92 Å². The molecule has 6 nitrogen and oxygen atoms in total. The third-order valence-electron chi connectivity index (χ3n) is 3.89. The van der Waals surface area contributed by atoms with Gasteiger partial charge in [-0.3, -0.25) is 9.59 Å². The zero-order chi connectivity index (χ0) is 19.3. The summed E-state index contributed by atoms with van der Waals surface area (Å²) in [5.74, 6) is -0.684. The maximum atomic E-state index is 12.4. The van der Waals surface area contributed by atoms with Crippen LogP contribution >= 0.6 is 0 Å². The van der Waals surface area contributed by atoms with Gasteiger partial charge in [-0.15, -0.1) is 0 Å². The molecule has 0 fully saturated rings. The first-order chi connectivity index (χ1) is 12.3. The molecule has 1 atom stereocenters. The van der Waals surface area contributed by atoms with Gasteiger partial charge in [-0.1, -0.05) is 38.1 Å². The van der Waals surface area contributed by atoms with Gasteiger partial charge in [0.2, 0.25) is 0 Å². The standard InChI is InChI=1S/C20H23NO5/c1-12(2)15-6-4-5-7-18(15)26-13(3)20(25)21-16-10-14(11-19(23)24)8-9-17(16)22/h4-10,12-13,22H,11H2,1-3H3,(H,21,25)(H,23,24). The summed E-state index contributed by atoms with van der Waals surface area (Å²) in [6.07, 6.45) is -0.991. The Kier molecular flexibility index (Phi) is 6.22. The molecule has 138 valence electrons. The van der Waals surface area contributed by atoms with Crippen LogP contribution in [0.2, 0.25) is 0 Å². The van der Waals surface area contributed by atoms with Crippen LogP contribution in [0.15, 0.2) is 42.5 Å². The average Bonchev–Trinajstić information content (AvgIpc) is 2.57. The lowest BCUT2D eigenvalue weighted by atomic mass is 10.0. The monoisotopic (exact) mass is 357 g/mol. The van der Waals surface area contributed by atoms with Crippen molar-refractivity contribution < 1.29 is 24.5 Å². The quantitative estimate of drug-likeness (QED) is 0.659. The van der Waals surface area contributed by atoms with Gasteiger partial charge in [0.05, 0.1) is 12.1 Å². The van der Waals surface area contributed by atoms with E-state index in [0.717, 1.165) is 5.56 Å². The maximum Gasteiger partial charge on any atom is 0.307 e. The minimum absolute atomic E-state index is 0.137. The number of nitrogens with one attached hydrogen (secondary N) is 1. The Morgan fingerprint density at radius 2 is 1.81 bits per heavy atom. The molecule has 0 radical (unpaired) electrons. The number of hydrogen-bond donors (Lipinski definition) is 3. The second-order valence-corrected chi connectivity index (χ2v) is 6.36. The number of carbonyl (C=O) groups is 2. The molecule has 6 heteroatoms. The first-order valence-corrected chi connectivity index (χ1v) is 8.38. The summed E-state index contributed by atoms with van der Waals surface area (Å²) in [6.45, 7) is 5.70. The lowest BCUT2D eigenvalue weighted by Gasteiger charge is -2.19. The summed E-state index contributed by atoms with van der Waals surface area (Å²) in [4.78, 5) is 23.2. The van der Waals surface area contributed by atoms with E-state index >= 15 is 0 Å². The Labute approximate surface area is 152 Å². The summed E-state index contributed by atoms with van der Waals surface area (Å²) in [7, 11) is 0. The van der Waals surface area contributed by atoms with Gasteiger partial charge in [0, 0.05) is 0 Å². The van der Waals surface area contributed by atoms with Gasteiger partial charge >= 0.3 is 5.97 Å². The van der Waals surface area contributed by atoms with Crippen LogP contribution in [0.5, 0.6) is 11.5 Å². The van der Waals surface area contributed by atoms with Crippen molar-refractivity contribution in [3.05, 3.63) is 53.6 Å². The van der Waals surface area contributed by atoms with Crippen LogP contribution in [0.4, 0.5) is 5.69 Å². The van der Waals surface area contributed by atoms with E-state index in [-0.39, 0.29) is 23.8 Å². The largest absolute Gasteiger partial charge is 0.506 e. The second kappa shape index (κ2) is 8.38. The van der Waals surface area contributed by atoms with E-state index in [9.17, 15) is 14.7 Å². The molecule has 3 N–H and O–H groups in total. The Hall–Kier alpha value is -3.02. The molecule has 2 rings (SSSR count). The molecule has 0 saturated carbocycles. The summed E-state index contributed by atoms with van der Waals surface area (Å²) in [5, 5.41) is 21.4. The number of aliphatic carboxylic acids is 1. The van der Waals surface area contributed by atoms with Crippen molar-refractivity contribution >= 4 is 17.6 Å². The highest BCUT2D eigenvalue weighted by Crippen LogP contribution is 2.28. The minimum atomic E-state index is -0.991. The maximum absolute atomic E-state index is 12.4. The zero-order valence-electron chi connectivity index (χ0n) is 15.0. The molecule has 26 heavy (non-hydrogen) atoms. The number of amides is 1. The van der Waals surface area contributed by atoms with Gasteiger partial charge in [0.15, 0.2) is 6.10 Å². The van der Waals surface area contributed by atoms with Crippen LogP contribution in [0.3, 0.4) is 0 Å². The average molecular weight is 357 g/mol. The fraction of sp³-hybridized carbons (Fsp3) is 0.300. The van der Waals surface area contributed by atoms with Crippen LogP contribution in [-0.4, -0.2) is 28.2 Å². The number of rotatable bonds is 7. The predicted molar refractivity (Wildman–Crippen MR) is 98.7 cm³/mol. The molecule has 0 aliphatic carbocycles. The number of para-hydroxylation sites is 1. The number of carboxylic acid groups (broad SMARTS) is 1. The Morgan fingerprint density at radius 1 is 1.12 bits per heavy atom. The topological polar surface area (TPSA) is 95.9 Å². The SMILES string of the molecule is CC(Oc1ccccc1C(C)C)C(=O)Nc1cc(CC(=O)O)ccc1O. The zero-order valence-corrected chi connectivity index (χ0v) is 15.0. The smallest absolute Gasteiger partial charge is 0.307 e. The highest BCUT2D eigenvalue weighted by Gasteiger charge is 2.19. The Bertz CT molecular complexity index is 801. The molecular formula is C20H23NO5. The summed E-state index contributed by atoms with van der Waals surface area (Å²) in [5.41, 5.74) is 1.63. The first-order valence-electron chi connectivity index (χ1n) is 8.38. The lowest BCUT2D eigenvalue weighted by molar-refractivity contribution is -0.136. The van der Waals surface area contributed by atoms with Gasteiger partial charge in [-0.25, -0.2) is 0 Å². The van der Waals surface area contributed by atoms with Crippen LogP contribution in [0.25, 0.3) is 0 Å². The van der Waals surface area contributed by atoms with Crippen molar-refractivity contribution in [2.45, 2.75) is 39.2 Å². The van der Waals surface area contributed by atoms with Crippen LogP contribution in [0.1, 0.15) is 37.8 Å². The Morgan fingerprint density at radius 3 is 2.46 bits per heavy atom. The van der Waals surface area contributed by atoms with Crippen molar-refractivity contribution in [3.63, 3.8) is 0 Å². The van der Waals surface area contributed by atoms with E-state index in [4.69, 9.17) is 9.84 Å². The highest BCUT2D eigenvalue weighted by atomic mass is 16.5. The number of anilines is 1. The van der Waals surface area contributed by atoms with Crippen molar-refractivity contribution in [3.8, 4) is 11.5 Å². The molecule has 0 spiro atoms. The molecule has 1 amide bonds. The van der Waals surface area contributed by atoms with E-state index in [2.05, 4.69) is 5.32 Å². The Balaban J connectivity index is 2.11. The molecular weight excluding hydrogens is 334 g/mol. The number of ether oxygens (including phenoxy) is 1. The molecule has 2 aromatic rings. The summed E-state index contributed by atoms with van der Waals surface area (Å²) in [6, 6.07) is 11.8. The predicted octanol–water partition coefficient (Wildman–Crippen LogP) is 3.55. The molecule has 0 heterocycles. The molecule has 0 saturated heterocycles. The van der Waals surface area contributed by atoms with Crippen molar-refractivity contribution in [1.82, 2.24) is 0 Å². The number of hydrogen-bond acceptors (Lipinski definition) is 4.